The average molecular weight is 338 g/mol. The molecule has 7 heteroatoms. The highest BCUT2D eigenvalue weighted by Gasteiger charge is 2.13. The first-order valence-corrected chi connectivity index (χ1v) is 8.20. The summed E-state index contributed by atoms with van der Waals surface area (Å²) in [6.45, 7) is 2.56. The van der Waals surface area contributed by atoms with E-state index in [9.17, 15) is 4.79 Å². The van der Waals surface area contributed by atoms with Crippen molar-refractivity contribution in [1.29, 1.82) is 0 Å². The number of pyridine rings is 1. The summed E-state index contributed by atoms with van der Waals surface area (Å²) in [5, 5.41) is 11.2. The molecule has 2 aromatic heterocycles. The quantitative estimate of drug-likeness (QED) is 0.658. The number of benzene rings is 1. The number of rotatable bonds is 0. The third-order valence-electron chi connectivity index (χ3n) is 4.13. The van der Waals surface area contributed by atoms with Gasteiger partial charge in [0.15, 0.2) is 0 Å². The molecule has 1 aromatic carbocycles. The fraction of sp³-hybridized carbons (Fsp3) is 0.278. The molecule has 4 bridgehead atoms. The second-order valence-electron chi connectivity index (χ2n) is 6.04. The molecule has 25 heavy (non-hydrogen) atoms. The van der Waals surface area contributed by atoms with Crippen LogP contribution in [0, 0.1) is 0 Å². The molecule has 0 saturated heterocycles. The zero-order valence-corrected chi connectivity index (χ0v) is 13.8. The van der Waals surface area contributed by atoms with Crippen LogP contribution < -0.4 is 10.1 Å². The zero-order chi connectivity index (χ0) is 17.2. The minimum Gasteiger partial charge on any atom is -0.491 e. The number of cyclic esters (lactones) is 1. The van der Waals surface area contributed by atoms with E-state index in [4.69, 9.17) is 9.47 Å². The summed E-state index contributed by atoms with van der Waals surface area (Å²) in [5.41, 5.74) is 3.32. The number of aromatic amines is 1. The van der Waals surface area contributed by atoms with E-state index in [2.05, 4.69) is 20.5 Å². The lowest BCUT2D eigenvalue weighted by molar-refractivity contribution is 0.136. The molecule has 0 saturated carbocycles. The standard InChI is InChI=1S/C18H18N4O3/c1-11-4-6-20-18(23)24-10-13-8-12(5-7-19-13)17-15-9-14(25-11)2-3-16(15)21-22-17/h2-3,5,7-9,11H,4,6,10H2,1H3,(H,20,23)(H,21,22)/t11-/m1/s1. The summed E-state index contributed by atoms with van der Waals surface area (Å²) in [4.78, 5) is 16.0. The van der Waals surface area contributed by atoms with Crippen molar-refractivity contribution in [2.75, 3.05) is 6.54 Å². The lowest BCUT2D eigenvalue weighted by Crippen LogP contribution is -2.28. The van der Waals surface area contributed by atoms with Crippen molar-refractivity contribution in [3.8, 4) is 17.0 Å². The Morgan fingerprint density at radius 3 is 3.08 bits per heavy atom. The Hall–Kier alpha value is -3.09. The van der Waals surface area contributed by atoms with E-state index >= 15 is 0 Å². The Kier molecular flexibility index (Phi) is 3.97. The van der Waals surface area contributed by atoms with Gasteiger partial charge >= 0.3 is 6.09 Å². The number of nitrogens with zero attached hydrogens (tertiary/aromatic N) is 2. The number of H-pyrrole nitrogens is 1. The van der Waals surface area contributed by atoms with Crippen molar-refractivity contribution in [2.24, 2.45) is 0 Å². The maximum absolute atomic E-state index is 11.8. The summed E-state index contributed by atoms with van der Waals surface area (Å²) < 4.78 is 11.2. The van der Waals surface area contributed by atoms with E-state index in [1.165, 1.54) is 0 Å². The van der Waals surface area contributed by atoms with Gasteiger partial charge < -0.3 is 14.8 Å². The first kappa shape index (κ1) is 15.4. The number of alkyl carbamates (subject to hydrolysis) is 1. The minimum absolute atomic E-state index is 0.0408. The van der Waals surface area contributed by atoms with Gasteiger partial charge in [0.25, 0.3) is 0 Å². The molecule has 1 aliphatic heterocycles. The zero-order valence-electron chi connectivity index (χ0n) is 13.8. The second-order valence-corrected chi connectivity index (χ2v) is 6.04. The molecule has 1 atom stereocenters. The Morgan fingerprint density at radius 2 is 2.16 bits per heavy atom. The van der Waals surface area contributed by atoms with Gasteiger partial charge in [-0.25, -0.2) is 4.79 Å². The van der Waals surface area contributed by atoms with Gasteiger partial charge in [0, 0.05) is 30.1 Å². The predicted molar refractivity (Wildman–Crippen MR) is 92.2 cm³/mol. The van der Waals surface area contributed by atoms with Crippen molar-refractivity contribution >= 4 is 17.0 Å². The average Bonchev–Trinajstić information content (AvgIpc) is 3.03. The monoisotopic (exact) mass is 338 g/mol. The van der Waals surface area contributed by atoms with E-state index in [1.54, 1.807) is 6.20 Å². The van der Waals surface area contributed by atoms with E-state index in [0.29, 0.717) is 18.7 Å². The Balaban J connectivity index is 1.79. The van der Waals surface area contributed by atoms with Crippen molar-refractivity contribution < 1.29 is 14.3 Å². The van der Waals surface area contributed by atoms with Gasteiger partial charge in [-0.05, 0) is 37.3 Å². The first-order chi connectivity index (χ1) is 12.2. The van der Waals surface area contributed by atoms with Crippen LogP contribution in [0.25, 0.3) is 22.2 Å². The molecule has 0 fully saturated rings. The van der Waals surface area contributed by atoms with Crippen LogP contribution in [0.2, 0.25) is 0 Å². The summed E-state index contributed by atoms with van der Waals surface area (Å²) in [6, 6.07) is 9.61. The van der Waals surface area contributed by atoms with E-state index in [0.717, 1.165) is 27.9 Å². The topological polar surface area (TPSA) is 89.1 Å². The third kappa shape index (κ3) is 3.26. The minimum atomic E-state index is -0.461. The number of fused-ring (bicyclic) bond motifs is 4. The molecule has 2 N–H and O–H groups in total. The highest BCUT2D eigenvalue weighted by atomic mass is 16.5. The summed E-state index contributed by atoms with van der Waals surface area (Å²) in [7, 11) is 0. The third-order valence-corrected chi connectivity index (χ3v) is 4.13. The fourth-order valence-corrected chi connectivity index (χ4v) is 2.85. The summed E-state index contributed by atoms with van der Waals surface area (Å²) in [5.74, 6) is 0.773. The Bertz CT molecular complexity index is 922. The van der Waals surface area contributed by atoms with Crippen LogP contribution in [0.5, 0.6) is 5.75 Å². The number of hydrogen-bond acceptors (Lipinski definition) is 5. The fourth-order valence-electron chi connectivity index (χ4n) is 2.85. The molecule has 3 heterocycles. The van der Waals surface area contributed by atoms with Crippen LogP contribution in [-0.4, -0.2) is 33.9 Å². The molecule has 0 spiro atoms. The molecule has 0 aliphatic carbocycles. The molecular weight excluding hydrogens is 320 g/mol. The van der Waals surface area contributed by atoms with Gasteiger partial charge in [-0.15, -0.1) is 0 Å². The summed E-state index contributed by atoms with van der Waals surface area (Å²) >= 11 is 0. The van der Waals surface area contributed by atoms with Crippen molar-refractivity contribution in [1.82, 2.24) is 20.5 Å². The number of aromatic nitrogens is 3. The van der Waals surface area contributed by atoms with Gasteiger partial charge in [0.05, 0.1) is 17.3 Å². The van der Waals surface area contributed by atoms with Gasteiger partial charge in [-0.2, -0.15) is 5.10 Å². The SMILES string of the molecule is C[C@@H]1CCNC(=O)OCc2cc(ccn2)-c2n[nH]c3ccc(cc23)O1. The van der Waals surface area contributed by atoms with Crippen molar-refractivity contribution in [2.45, 2.75) is 26.1 Å². The van der Waals surface area contributed by atoms with E-state index in [-0.39, 0.29) is 12.7 Å². The molecule has 1 aliphatic rings. The van der Waals surface area contributed by atoms with Crippen LogP contribution in [0.4, 0.5) is 4.79 Å². The van der Waals surface area contributed by atoms with Crippen LogP contribution in [0.3, 0.4) is 0 Å². The van der Waals surface area contributed by atoms with Gasteiger partial charge in [0.2, 0.25) is 0 Å². The number of carbonyl (C=O) groups is 1. The molecule has 0 radical (unpaired) electrons. The van der Waals surface area contributed by atoms with E-state index in [1.807, 2.05) is 37.3 Å². The molecule has 128 valence electrons. The lowest BCUT2D eigenvalue weighted by atomic mass is 10.1. The molecule has 4 rings (SSSR count). The molecular formula is C18H18N4O3. The Labute approximate surface area is 144 Å². The second kappa shape index (κ2) is 6.43. The lowest BCUT2D eigenvalue weighted by Gasteiger charge is -2.15. The highest BCUT2D eigenvalue weighted by Crippen LogP contribution is 2.30. The van der Waals surface area contributed by atoms with Crippen LogP contribution >= 0.6 is 0 Å². The highest BCUT2D eigenvalue weighted by molar-refractivity contribution is 5.93. The Morgan fingerprint density at radius 1 is 1.24 bits per heavy atom. The van der Waals surface area contributed by atoms with Crippen LogP contribution in [0.15, 0.2) is 36.5 Å². The maximum atomic E-state index is 11.8. The largest absolute Gasteiger partial charge is 0.491 e. The molecule has 0 unspecified atom stereocenters. The van der Waals surface area contributed by atoms with E-state index < -0.39 is 6.09 Å². The molecule has 7 nitrogen and oxygen atoms in total. The van der Waals surface area contributed by atoms with Crippen LogP contribution in [0.1, 0.15) is 19.0 Å². The smallest absolute Gasteiger partial charge is 0.407 e. The van der Waals surface area contributed by atoms with Crippen molar-refractivity contribution in [3.63, 3.8) is 0 Å². The summed E-state index contributed by atoms with van der Waals surface area (Å²) in [6.07, 6.45) is 1.86. The number of hydrogen-bond donors (Lipinski definition) is 2. The number of amides is 1. The first-order valence-electron chi connectivity index (χ1n) is 8.20. The van der Waals surface area contributed by atoms with Crippen LogP contribution in [-0.2, 0) is 11.3 Å². The van der Waals surface area contributed by atoms with Gasteiger partial charge in [-0.3, -0.25) is 10.1 Å². The predicted octanol–water partition coefficient (Wildman–Crippen LogP) is 3.02. The number of carbonyl (C=O) groups excluding carboxylic acids is 1. The maximum Gasteiger partial charge on any atom is 0.407 e. The number of nitrogens with one attached hydrogen (secondary N) is 2. The number of ether oxygens (including phenoxy) is 2. The van der Waals surface area contributed by atoms with Gasteiger partial charge in [-0.1, -0.05) is 0 Å². The molecule has 3 aromatic rings. The van der Waals surface area contributed by atoms with Gasteiger partial charge in [0.1, 0.15) is 18.1 Å². The van der Waals surface area contributed by atoms with Crippen molar-refractivity contribution in [3.05, 3.63) is 42.2 Å². The normalized spacial score (nSPS) is 18.0. The molecule has 1 amide bonds.